The van der Waals surface area contributed by atoms with Crippen molar-refractivity contribution < 1.29 is 4.57 Å². The molecule has 39 heavy (non-hydrogen) atoms. The molecule has 2 nitrogen and oxygen atoms in total. The molecular weight excluding hydrogens is 472 g/mol. The zero-order valence-corrected chi connectivity index (χ0v) is 24.6. The Morgan fingerprint density at radius 2 is 1.23 bits per heavy atom. The first-order valence-corrected chi connectivity index (χ1v) is 14.2. The maximum Gasteiger partial charge on any atom is 0.215 e. The summed E-state index contributed by atoms with van der Waals surface area (Å²) < 4.78 is 4.90. The van der Waals surface area contributed by atoms with Crippen LogP contribution in [-0.2, 0) is 7.05 Å². The number of hydrogen-bond acceptors (Lipinski definition) is 0. The molecular formula is C37H39N2+. The molecule has 6 aromatic rings. The van der Waals surface area contributed by atoms with Crippen LogP contribution in [0.25, 0.3) is 49.7 Å². The van der Waals surface area contributed by atoms with E-state index in [2.05, 4.69) is 144 Å². The molecule has 196 valence electrons. The first-order valence-electron chi connectivity index (χ1n) is 14.2. The topological polar surface area (TPSA) is 8.81 Å². The fourth-order valence-electron chi connectivity index (χ4n) is 6.20. The van der Waals surface area contributed by atoms with Gasteiger partial charge in [-0.05, 0) is 79.1 Å². The zero-order valence-electron chi connectivity index (χ0n) is 24.6. The minimum atomic E-state index is 0.464. The van der Waals surface area contributed by atoms with Crippen LogP contribution < -0.4 is 4.57 Å². The van der Waals surface area contributed by atoms with Gasteiger partial charge in [0.1, 0.15) is 7.05 Å². The summed E-state index contributed by atoms with van der Waals surface area (Å²) in [6, 6.07) is 30.0. The fourth-order valence-corrected chi connectivity index (χ4v) is 6.20. The molecule has 2 heteroatoms. The fraction of sp³-hybridized carbons (Fsp3) is 0.270. The second-order valence-electron chi connectivity index (χ2n) is 11.9. The first-order chi connectivity index (χ1) is 18.7. The summed E-state index contributed by atoms with van der Waals surface area (Å²) in [5.41, 5.74) is 14.3. The summed E-state index contributed by atoms with van der Waals surface area (Å²) in [4.78, 5) is 0. The molecule has 4 aromatic carbocycles. The van der Waals surface area contributed by atoms with Crippen LogP contribution in [0.5, 0.6) is 0 Å². The van der Waals surface area contributed by atoms with Crippen LogP contribution in [0.3, 0.4) is 0 Å². The standard InChI is InChI=1S/C37H39N2/c1-22(2)27-13-15-29-30-16-14-28(23(3)4)20-36(30)39(35(29)19-27)37-21-34(32-18-24(5)17-25(6)26(32)7)38(8)33-12-10-9-11-31(33)37/h9-23H,1-8H3/q+1. The third-order valence-corrected chi connectivity index (χ3v) is 8.65. The van der Waals surface area contributed by atoms with E-state index >= 15 is 0 Å². The molecule has 0 unspecified atom stereocenters. The smallest absolute Gasteiger partial charge is 0.215 e. The van der Waals surface area contributed by atoms with Gasteiger partial charge in [-0.2, -0.15) is 4.57 Å². The van der Waals surface area contributed by atoms with Gasteiger partial charge in [0, 0.05) is 28.5 Å². The van der Waals surface area contributed by atoms with Crippen LogP contribution >= 0.6 is 0 Å². The summed E-state index contributed by atoms with van der Waals surface area (Å²) in [6.07, 6.45) is 0. The Labute approximate surface area is 232 Å². The van der Waals surface area contributed by atoms with Gasteiger partial charge in [0.25, 0.3) is 0 Å². The summed E-state index contributed by atoms with van der Waals surface area (Å²) in [5, 5.41) is 3.88. The Hall–Kier alpha value is -3.91. The van der Waals surface area contributed by atoms with E-state index in [1.807, 2.05) is 0 Å². The van der Waals surface area contributed by atoms with Gasteiger partial charge < -0.3 is 4.57 Å². The predicted molar refractivity (Wildman–Crippen MR) is 167 cm³/mol. The highest BCUT2D eigenvalue weighted by atomic mass is 15.0. The van der Waals surface area contributed by atoms with E-state index in [-0.39, 0.29) is 0 Å². The van der Waals surface area contributed by atoms with Crippen LogP contribution in [0.4, 0.5) is 0 Å². The lowest BCUT2D eigenvalue weighted by Gasteiger charge is -2.16. The minimum absolute atomic E-state index is 0.464. The van der Waals surface area contributed by atoms with Gasteiger partial charge in [-0.3, -0.25) is 0 Å². The monoisotopic (exact) mass is 511 g/mol. The Bertz CT molecular complexity index is 1830. The zero-order chi connectivity index (χ0) is 27.6. The summed E-state index contributed by atoms with van der Waals surface area (Å²) in [6.45, 7) is 15.8. The maximum absolute atomic E-state index is 2.53. The Morgan fingerprint density at radius 1 is 0.641 bits per heavy atom. The van der Waals surface area contributed by atoms with Gasteiger partial charge in [0.15, 0.2) is 0 Å². The van der Waals surface area contributed by atoms with Crippen LogP contribution in [0, 0.1) is 20.8 Å². The SMILES string of the molecule is Cc1cc(C)c(C)c(-c2cc(-n3c4cc(C(C)C)ccc4c4ccc(C(C)C)cc43)c3ccccc3[n+]2C)c1. The van der Waals surface area contributed by atoms with E-state index in [0.717, 1.165) is 0 Å². The van der Waals surface area contributed by atoms with Crippen LogP contribution in [0.15, 0.2) is 78.9 Å². The van der Waals surface area contributed by atoms with Crippen molar-refractivity contribution in [3.8, 4) is 16.9 Å². The van der Waals surface area contributed by atoms with Crippen molar-refractivity contribution in [2.75, 3.05) is 0 Å². The van der Waals surface area contributed by atoms with E-state index < -0.39 is 0 Å². The number of para-hydroxylation sites is 1. The van der Waals surface area contributed by atoms with Crippen LogP contribution in [0.1, 0.15) is 67.3 Å². The summed E-state index contributed by atoms with van der Waals surface area (Å²) in [7, 11) is 2.21. The Kier molecular flexibility index (Phi) is 6.10. The lowest BCUT2D eigenvalue weighted by Crippen LogP contribution is -2.33. The average Bonchev–Trinajstić information content (AvgIpc) is 3.24. The second kappa shape index (κ2) is 9.38. The predicted octanol–water partition coefficient (Wildman–Crippen LogP) is 9.60. The van der Waals surface area contributed by atoms with Gasteiger partial charge in [-0.1, -0.05) is 75.7 Å². The molecule has 0 saturated carbocycles. The normalized spacial score (nSPS) is 12.1. The highest BCUT2D eigenvalue weighted by Crippen LogP contribution is 2.38. The number of benzene rings is 4. The first kappa shape index (κ1) is 25.4. The van der Waals surface area contributed by atoms with Gasteiger partial charge in [0.05, 0.1) is 22.1 Å². The van der Waals surface area contributed by atoms with Gasteiger partial charge in [0.2, 0.25) is 11.2 Å². The largest absolute Gasteiger partial charge is 0.308 e. The third kappa shape index (κ3) is 4.05. The van der Waals surface area contributed by atoms with Gasteiger partial charge >= 0.3 is 0 Å². The maximum atomic E-state index is 2.53. The number of aryl methyl sites for hydroxylation is 3. The molecule has 0 bridgehead atoms. The number of pyridine rings is 1. The molecule has 0 radical (unpaired) electrons. The molecule has 0 saturated heterocycles. The molecule has 0 N–H and O–H groups in total. The third-order valence-electron chi connectivity index (χ3n) is 8.65. The van der Waals surface area contributed by atoms with Crippen LogP contribution in [0.2, 0.25) is 0 Å². The number of rotatable bonds is 4. The molecule has 2 heterocycles. The molecule has 0 fully saturated rings. The molecule has 0 aliphatic carbocycles. The van der Waals surface area contributed by atoms with Crippen molar-refractivity contribution >= 4 is 32.7 Å². The van der Waals surface area contributed by atoms with Crippen molar-refractivity contribution in [3.63, 3.8) is 0 Å². The van der Waals surface area contributed by atoms with Crippen molar-refractivity contribution in [3.05, 3.63) is 107 Å². The number of aromatic nitrogens is 2. The number of hydrogen-bond donors (Lipinski definition) is 0. The molecule has 0 spiro atoms. The molecule has 0 amide bonds. The van der Waals surface area contributed by atoms with E-state index in [4.69, 9.17) is 0 Å². The van der Waals surface area contributed by atoms with Crippen LogP contribution in [-0.4, -0.2) is 4.57 Å². The Morgan fingerprint density at radius 3 is 1.82 bits per heavy atom. The highest BCUT2D eigenvalue weighted by Gasteiger charge is 2.24. The van der Waals surface area contributed by atoms with Crippen molar-refractivity contribution in [2.45, 2.75) is 60.3 Å². The molecule has 0 aliphatic rings. The average molecular weight is 512 g/mol. The van der Waals surface area contributed by atoms with E-state index in [0.29, 0.717) is 11.8 Å². The summed E-state index contributed by atoms with van der Waals surface area (Å²) in [5.74, 6) is 0.928. The molecule has 6 rings (SSSR count). The van der Waals surface area contributed by atoms with E-state index in [1.54, 1.807) is 0 Å². The minimum Gasteiger partial charge on any atom is -0.308 e. The highest BCUT2D eigenvalue weighted by molar-refractivity contribution is 6.11. The van der Waals surface area contributed by atoms with Gasteiger partial charge in [-0.25, -0.2) is 0 Å². The quantitative estimate of drug-likeness (QED) is 0.208. The molecule has 2 aromatic heterocycles. The van der Waals surface area contributed by atoms with Crippen molar-refractivity contribution in [1.29, 1.82) is 0 Å². The van der Waals surface area contributed by atoms with Crippen molar-refractivity contribution in [1.82, 2.24) is 4.57 Å². The molecule has 0 aliphatic heterocycles. The number of fused-ring (bicyclic) bond motifs is 4. The Balaban J connectivity index is 1.81. The lowest BCUT2D eigenvalue weighted by molar-refractivity contribution is -0.633. The van der Waals surface area contributed by atoms with E-state index in [9.17, 15) is 0 Å². The second-order valence-corrected chi connectivity index (χ2v) is 11.9. The summed E-state index contributed by atoms with van der Waals surface area (Å²) >= 11 is 0. The number of nitrogens with zero attached hydrogens (tertiary/aromatic N) is 2. The van der Waals surface area contributed by atoms with E-state index in [1.165, 1.54) is 77.5 Å². The molecule has 0 atom stereocenters. The van der Waals surface area contributed by atoms with Gasteiger partial charge in [-0.15, -0.1) is 0 Å². The van der Waals surface area contributed by atoms with Crippen molar-refractivity contribution in [2.24, 2.45) is 7.05 Å². The lowest BCUT2D eigenvalue weighted by atomic mass is 9.96.